The zero-order valence-corrected chi connectivity index (χ0v) is 17.2. The molecule has 0 bridgehead atoms. The van der Waals surface area contributed by atoms with Crippen molar-refractivity contribution in [2.75, 3.05) is 0 Å². The maximum absolute atomic E-state index is 12.2. The Bertz CT molecular complexity index is 1220. The van der Waals surface area contributed by atoms with E-state index in [2.05, 4.69) is 21.0 Å². The molecule has 0 atom stereocenters. The number of aryl methyl sites for hydroxylation is 1. The van der Waals surface area contributed by atoms with Crippen molar-refractivity contribution < 1.29 is 14.1 Å². The van der Waals surface area contributed by atoms with Gasteiger partial charge >= 0.3 is 0 Å². The van der Waals surface area contributed by atoms with E-state index >= 15 is 0 Å². The molecule has 0 aliphatic carbocycles. The summed E-state index contributed by atoms with van der Waals surface area (Å²) in [6.07, 6.45) is 0.512. The van der Waals surface area contributed by atoms with Crippen molar-refractivity contribution in [3.05, 3.63) is 83.2 Å². The van der Waals surface area contributed by atoms with Gasteiger partial charge in [0, 0.05) is 23.4 Å². The van der Waals surface area contributed by atoms with E-state index in [1.165, 1.54) is 0 Å². The molecule has 4 aromatic rings. The summed E-state index contributed by atoms with van der Waals surface area (Å²) < 4.78 is 5.18. The first kappa shape index (κ1) is 20.6. The molecule has 156 valence electrons. The second-order valence-electron chi connectivity index (χ2n) is 6.93. The van der Waals surface area contributed by atoms with Crippen LogP contribution >= 0.6 is 11.6 Å². The number of fused-ring (bicyclic) bond motifs is 1. The number of hydrogen-bond donors (Lipinski definition) is 2. The van der Waals surface area contributed by atoms with Crippen LogP contribution in [0.3, 0.4) is 0 Å². The van der Waals surface area contributed by atoms with Crippen molar-refractivity contribution in [1.29, 1.82) is 0 Å². The Balaban J connectivity index is 1.26. The van der Waals surface area contributed by atoms with Gasteiger partial charge < -0.3 is 4.52 Å². The van der Waals surface area contributed by atoms with E-state index in [0.717, 1.165) is 21.9 Å². The third-order valence-corrected chi connectivity index (χ3v) is 4.96. The number of halogens is 1. The van der Waals surface area contributed by atoms with Gasteiger partial charge in [-0.3, -0.25) is 20.4 Å². The Morgan fingerprint density at radius 3 is 2.48 bits per heavy atom. The van der Waals surface area contributed by atoms with Crippen molar-refractivity contribution >= 4 is 34.2 Å². The zero-order chi connectivity index (χ0) is 21.6. The first-order valence-corrected chi connectivity index (χ1v) is 10.1. The quantitative estimate of drug-likeness (QED) is 0.449. The summed E-state index contributed by atoms with van der Waals surface area (Å²) >= 11 is 5.87. The van der Waals surface area contributed by atoms with Crippen molar-refractivity contribution in [3.8, 4) is 11.4 Å². The molecule has 8 heteroatoms. The van der Waals surface area contributed by atoms with Crippen LogP contribution in [0.4, 0.5) is 0 Å². The van der Waals surface area contributed by atoms with E-state index in [0.29, 0.717) is 16.7 Å². The smallest absolute Gasteiger partial charge is 0.242 e. The fraction of sp³-hybridized carbons (Fsp3) is 0.130. The molecular formula is C23H19ClN4O3. The highest BCUT2D eigenvalue weighted by Gasteiger charge is 2.12. The van der Waals surface area contributed by atoms with Crippen LogP contribution in [0.5, 0.6) is 0 Å². The predicted molar refractivity (Wildman–Crippen MR) is 117 cm³/mol. The number of benzene rings is 3. The molecule has 0 saturated carbocycles. The maximum Gasteiger partial charge on any atom is 0.242 e. The molecule has 4 rings (SSSR count). The van der Waals surface area contributed by atoms with Gasteiger partial charge in [-0.15, -0.1) is 0 Å². The highest BCUT2D eigenvalue weighted by molar-refractivity contribution is 6.30. The molecular weight excluding hydrogens is 416 g/mol. The molecule has 2 amide bonds. The lowest BCUT2D eigenvalue weighted by Crippen LogP contribution is -2.42. The highest BCUT2D eigenvalue weighted by atomic mass is 35.5. The minimum atomic E-state index is -0.350. The van der Waals surface area contributed by atoms with Crippen LogP contribution in [0.2, 0.25) is 5.02 Å². The number of hydrazine groups is 1. The average molecular weight is 435 g/mol. The van der Waals surface area contributed by atoms with Crippen LogP contribution in [-0.2, 0) is 22.4 Å². The molecule has 0 spiro atoms. The first-order chi connectivity index (χ1) is 15.1. The van der Waals surface area contributed by atoms with Crippen LogP contribution < -0.4 is 10.9 Å². The van der Waals surface area contributed by atoms with Gasteiger partial charge in [0.25, 0.3) is 0 Å². The summed E-state index contributed by atoms with van der Waals surface area (Å²) in [4.78, 5) is 28.6. The molecule has 2 N–H and O–H groups in total. The van der Waals surface area contributed by atoms with Crippen LogP contribution in [0.15, 0.2) is 71.3 Å². The van der Waals surface area contributed by atoms with Gasteiger partial charge in [-0.05, 0) is 40.6 Å². The monoisotopic (exact) mass is 434 g/mol. The second-order valence-corrected chi connectivity index (χ2v) is 7.37. The lowest BCUT2D eigenvalue weighted by Gasteiger charge is -2.09. The maximum atomic E-state index is 12.2. The third kappa shape index (κ3) is 5.26. The summed E-state index contributed by atoms with van der Waals surface area (Å²) in [6, 6.07) is 20.7. The van der Waals surface area contributed by atoms with Gasteiger partial charge in [0.15, 0.2) is 0 Å². The Labute approximate surface area is 183 Å². The molecule has 0 aliphatic heterocycles. The number of amides is 2. The number of rotatable bonds is 6. The van der Waals surface area contributed by atoms with Gasteiger partial charge in [0.1, 0.15) is 0 Å². The standard InChI is InChI=1S/C23H19ClN4O3/c24-18-10-8-16(9-11-18)23-25-22(31-28-23)13-12-20(29)26-27-21(30)14-17-6-3-5-15-4-1-2-7-19(15)17/h1-11H,12-14H2,(H,26,29)(H,27,30). The van der Waals surface area contributed by atoms with Gasteiger partial charge in [0.2, 0.25) is 23.5 Å². The zero-order valence-electron chi connectivity index (χ0n) is 16.5. The van der Waals surface area contributed by atoms with Crippen molar-refractivity contribution in [2.24, 2.45) is 0 Å². The van der Waals surface area contributed by atoms with E-state index in [1.54, 1.807) is 24.3 Å². The number of aromatic nitrogens is 2. The van der Waals surface area contributed by atoms with E-state index in [9.17, 15) is 9.59 Å². The summed E-state index contributed by atoms with van der Waals surface area (Å²) in [5, 5.41) is 6.60. The van der Waals surface area contributed by atoms with Crippen LogP contribution in [0, 0.1) is 0 Å². The topological polar surface area (TPSA) is 97.1 Å². The molecule has 0 fully saturated rings. The summed E-state index contributed by atoms with van der Waals surface area (Å²) in [5.41, 5.74) is 6.54. The molecule has 3 aromatic carbocycles. The highest BCUT2D eigenvalue weighted by Crippen LogP contribution is 2.20. The van der Waals surface area contributed by atoms with Gasteiger partial charge in [0.05, 0.1) is 6.42 Å². The lowest BCUT2D eigenvalue weighted by atomic mass is 10.0. The third-order valence-electron chi connectivity index (χ3n) is 4.71. The van der Waals surface area contributed by atoms with E-state index in [4.69, 9.17) is 16.1 Å². The predicted octanol–water partition coefficient (Wildman–Crippen LogP) is 3.87. The minimum Gasteiger partial charge on any atom is -0.339 e. The second kappa shape index (κ2) is 9.40. The average Bonchev–Trinajstić information content (AvgIpc) is 3.26. The van der Waals surface area contributed by atoms with E-state index < -0.39 is 0 Å². The minimum absolute atomic E-state index is 0.0940. The van der Waals surface area contributed by atoms with Gasteiger partial charge in [-0.2, -0.15) is 4.98 Å². The molecule has 1 heterocycles. The largest absolute Gasteiger partial charge is 0.339 e. The van der Waals surface area contributed by atoms with Crippen LogP contribution in [0.25, 0.3) is 22.2 Å². The Kier molecular flexibility index (Phi) is 6.24. The number of nitrogens with one attached hydrogen (secondary N) is 2. The van der Waals surface area contributed by atoms with Crippen molar-refractivity contribution in [1.82, 2.24) is 21.0 Å². The fourth-order valence-electron chi connectivity index (χ4n) is 3.16. The molecule has 0 saturated heterocycles. The summed E-state index contributed by atoms with van der Waals surface area (Å²) in [6.45, 7) is 0. The van der Waals surface area contributed by atoms with Crippen molar-refractivity contribution in [2.45, 2.75) is 19.3 Å². The number of hydrogen-bond acceptors (Lipinski definition) is 5. The molecule has 7 nitrogen and oxygen atoms in total. The Morgan fingerprint density at radius 2 is 1.65 bits per heavy atom. The summed E-state index contributed by atoms with van der Waals surface area (Å²) in [5.74, 6) is 0.114. The molecule has 1 aromatic heterocycles. The van der Waals surface area contributed by atoms with Crippen molar-refractivity contribution in [3.63, 3.8) is 0 Å². The van der Waals surface area contributed by atoms with E-state index in [-0.39, 0.29) is 31.1 Å². The van der Waals surface area contributed by atoms with Crippen LogP contribution in [-0.4, -0.2) is 22.0 Å². The van der Waals surface area contributed by atoms with Crippen LogP contribution in [0.1, 0.15) is 17.9 Å². The summed E-state index contributed by atoms with van der Waals surface area (Å²) in [7, 11) is 0. The normalized spacial score (nSPS) is 10.7. The van der Waals surface area contributed by atoms with Gasteiger partial charge in [-0.25, -0.2) is 0 Å². The fourth-order valence-corrected chi connectivity index (χ4v) is 3.28. The van der Waals surface area contributed by atoms with E-state index in [1.807, 2.05) is 42.5 Å². The molecule has 0 unspecified atom stereocenters. The number of nitrogens with zero attached hydrogens (tertiary/aromatic N) is 2. The molecule has 31 heavy (non-hydrogen) atoms. The Morgan fingerprint density at radius 1 is 0.903 bits per heavy atom. The number of carbonyl (C=O) groups excluding carboxylic acids is 2. The number of carbonyl (C=O) groups is 2. The first-order valence-electron chi connectivity index (χ1n) is 9.71. The molecule has 0 radical (unpaired) electrons. The van der Waals surface area contributed by atoms with Gasteiger partial charge in [-0.1, -0.05) is 59.2 Å². The SMILES string of the molecule is O=C(CCc1nc(-c2ccc(Cl)cc2)no1)NNC(=O)Cc1cccc2ccccc12. The Hall–Kier alpha value is -3.71. The lowest BCUT2D eigenvalue weighted by molar-refractivity contribution is -0.128. The molecule has 0 aliphatic rings.